The molecule has 3 rings (SSSR count). The second kappa shape index (κ2) is 7.03. The Hall–Kier alpha value is -2.47. The minimum atomic E-state index is -3.21. The number of para-hydroxylation sites is 1. The summed E-state index contributed by atoms with van der Waals surface area (Å²) >= 11 is 0. The number of hydrogen-bond acceptors (Lipinski definition) is 5. The minimum absolute atomic E-state index is 0.0883. The molecule has 6 heteroatoms. The number of fused-ring (bicyclic) bond motifs is 1. The molecular formula is C20H23N3O2S. The highest BCUT2D eigenvalue weighted by atomic mass is 32.2. The highest BCUT2D eigenvalue weighted by Crippen LogP contribution is 2.26. The van der Waals surface area contributed by atoms with Crippen molar-refractivity contribution in [2.75, 3.05) is 11.1 Å². The van der Waals surface area contributed by atoms with Crippen LogP contribution in [0.1, 0.15) is 37.8 Å². The molecule has 0 aliphatic carbocycles. The summed E-state index contributed by atoms with van der Waals surface area (Å²) in [7, 11) is -3.21. The molecule has 3 aromatic rings. The first-order chi connectivity index (χ1) is 12.3. The smallest absolute Gasteiger partial charge is 0.227 e. The van der Waals surface area contributed by atoms with Crippen LogP contribution < -0.4 is 5.32 Å². The first kappa shape index (κ1) is 18.3. The van der Waals surface area contributed by atoms with Crippen LogP contribution in [0.15, 0.2) is 47.5 Å². The van der Waals surface area contributed by atoms with Crippen molar-refractivity contribution >= 4 is 32.4 Å². The molecule has 136 valence electrons. The fourth-order valence-corrected chi connectivity index (χ4v) is 3.83. The maximum atomic E-state index is 12.0. The van der Waals surface area contributed by atoms with Gasteiger partial charge in [-0.25, -0.2) is 18.4 Å². The summed E-state index contributed by atoms with van der Waals surface area (Å²) in [5.74, 6) is 0.951. The molecule has 5 nitrogen and oxygen atoms in total. The molecule has 0 bridgehead atoms. The van der Waals surface area contributed by atoms with Crippen molar-refractivity contribution in [1.82, 2.24) is 9.97 Å². The average Bonchev–Trinajstić information content (AvgIpc) is 2.62. The number of nitrogens with one attached hydrogen (secondary N) is 1. The van der Waals surface area contributed by atoms with Gasteiger partial charge in [-0.3, -0.25) is 0 Å². The topological polar surface area (TPSA) is 72.0 Å². The van der Waals surface area contributed by atoms with E-state index >= 15 is 0 Å². The lowest BCUT2D eigenvalue weighted by molar-refractivity contribution is 0.597. The van der Waals surface area contributed by atoms with Gasteiger partial charge in [0.15, 0.2) is 9.84 Å². The van der Waals surface area contributed by atoms with Crippen LogP contribution in [0, 0.1) is 6.92 Å². The van der Waals surface area contributed by atoms with Crippen molar-refractivity contribution in [3.05, 3.63) is 53.7 Å². The molecule has 26 heavy (non-hydrogen) atoms. The van der Waals surface area contributed by atoms with Gasteiger partial charge in [0, 0.05) is 17.3 Å². The second-order valence-electron chi connectivity index (χ2n) is 6.64. The van der Waals surface area contributed by atoms with Crippen LogP contribution in [0.25, 0.3) is 10.9 Å². The van der Waals surface area contributed by atoms with Crippen LogP contribution >= 0.6 is 0 Å². The molecule has 2 aromatic carbocycles. The van der Waals surface area contributed by atoms with Crippen LogP contribution in [0.5, 0.6) is 0 Å². The molecule has 0 atom stereocenters. The standard InChI is InChI=1S/C20H23N3O2S/c1-5-26(24,25)16-9-10-18(14(4)11-16)22-20-21-12-15-7-6-8-17(13(2)3)19(15)23-20/h6-13H,5H2,1-4H3,(H,21,22,23). The number of aryl methyl sites for hydroxylation is 1. The van der Waals surface area contributed by atoms with Crippen molar-refractivity contribution in [1.29, 1.82) is 0 Å². The Kier molecular flexibility index (Phi) is 4.96. The Morgan fingerprint density at radius 3 is 2.58 bits per heavy atom. The lowest BCUT2D eigenvalue weighted by Gasteiger charge is -2.12. The maximum absolute atomic E-state index is 12.0. The quantitative estimate of drug-likeness (QED) is 0.712. The van der Waals surface area contributed by atoms with Gasteiger partial charge in [-0.05, 0) is 42.2 Å². The van der Waals surface area contributed by atoms with Gasteiger partial charge in [-0.1, -0.05) is 39.0 Å². The van der Waals surface area contributed by atoms with E-state index in [0.717, 1.165) is 22.2 Å². The number of benzene rings is 2. The molecule has 0 fully saturated rings. The molecule has 0 aliphatic rings. The average molecular weight is 369 g/mol. The van der Waals surface area contributed by atoms with E-state index in [4.69, 9.17) is 0 Å². The van der Waals surface area contributed by atoms with Crippen LogP contribution in [0.2, 0.25) is 0 Å². The first-order valence-electron chi connectivity index (χ1n) is 8.68. The predicted molar refractivity (Wildman–Crippen MR) is 106 cm³/mol. The number of sulfone groups is 1. The zero-order valence-electron chi connectivity index (χ0n) is 15.4. The lowest BCUT2D eigenvalue weighted by Crippen LogP contribution is -2.05. The second-order valence-corrected chi connectivity index (χ2v) is 8.92. The van der Waals surface area contributed by atoms with E-state index in [1.54, 1.807) is 25.1 Å². The molecule has 0 unspecified atom stereocenters. The van der Waals surface area contributed by atoms with E-state index < -0.39 is 9.84 Å². The van der Waals surface area contributed by atoms with Crippen LogP contribution in [0.4, 0.5) is 11.6 Å². The monoisotopic (exact) mass is 369 g/mol. The summed E-state index contributed by atoms with van der Waals surface area (Å²) in [5, 5.41) is 4.21. The van der Waals surface area contributed by atoms with E-state index in [-0.39, 0.29) is 5.75 Å². The Morgan fingerprint density at radius 1 is 1.15 bits per heavy atom. The van der Waals surface area contributed by atoms with E-state index in [1.807, 2.05) is 25.3 Å². The third-order valence-electron chi connectivity index (χ3n) is 4.45. The van der Waals surface area contributed by atoms with E-state index in [2.05, 4.69) is 35.2 Å². The fraction of sp³-hybridized carbons (Fsp3) is 0.300. The summed E-state index contributed by atoms with van der Waals surface area (Å²) in [4.78, 5) is 9.41. The molecule has 0 saturated heterocycles. The largest absolute Gasteiger partial charge is 0.324 e. The molecule has 0 spiro atoms. The summed E-state index contributed by atoms with van der Waals surface area (Å²) in [5.41, 5.74) is 3.73. The number of nitrogens with zero attached hydrogens (tertiary/aromatic N) is 2. The van der Waals surface area contributed by atoms with Crippen molar-refractivity contribution in [2.45, 2.75) is 38.5 Å². The fourth-order valence-electron chi connectivity index (χ4n) is 2.86. The molecule has 0 radical (unpaired) electrons. The highest BCUT2D eigenvalue weighted by Gasteiger charge is 2.13. The molecule has 0 aliphatic heterocycles. The zero-order valence-corrected chi connectivity index (χ0v) is 16.3. The number of hydrogen-bond donors (Lipinski definition) is 1. The summed E-state index contributed by atoms with van der Waals surface area (Å²) in [6.07, 6.45) is 1.81. The van der Waals surface area contributed by atoms with Gasteiger partial charge in [0.1, 0.15) is 0 Å². The summed E-state index contributed by atoms with van der Waals surface area (Å²) in [6.45, 7) is 7.80. The summed E-state index contributed by atoms with van der Waals surface area (Å²) in [6, 6.07) is 11.2. The van der Waals surface area contributed by atoms with Gasteiger partial charge in [0.2, 0.25) is 5.95 Å². The zero-order chi connectivity index (χ0) is 18.9. The predicted octanol–water partition coefficient (Wildman–Crippen LogP) is 4.60. The highest BCUT2D eigenvalue weighted by molar-refractivity contribution is 7.91. The Labute approximate surface area is 154 Å². The molecule has 1 aromatic heterocycles. The van der Waals surface area contributed by atoms with Gasteiger partial charge in [-0.15, -0.1) is 0 Å². The van der Waals surface area contributed by atoms with Gasteiger partial charge >= 0.3 is 0 Å². The number of aromatic nitrogens is 2. The maximum Gasteiger partial charge on any atom is 0.227 e. The Balaban J connectivity index is 1.98. The minimum Gasteiger partial charge on any atom is -0.324 e. The van der Waals surface area contributed by atoms with E-state index in [0.29, 0.717) is 16.8 Å². The molecule has 0 saturated carbocycles. The third kappa shape index (κ3) is 3.55. The van der Waals surface area contributed by atoms with E-state index in [1.165, 1.54) is 5.56 Å². The van der Waals surface area contributed by atoms with Gasteiger partial charge in [0.05, 0.1) is 16.2 Å². The molecule has 0 amide bonds. The van der Waals surface area contributed by atoms with Gasteiger partial charge in [0.25, 0.3) is 0 Å². The van der Waals surface area contributed by atoms with Crippen LogP contribution in [0.3, 0.4) is 0 Å². The Morgan fingerprint density at radius 2 is 1.92 bits per heavy atom. The molecule has 1 N–H and O–H groups in total. The third-order valence-corrected chi connectivity index (χ3v) is 6.18. The van der Waals surface area contributed by atoms with Crippen molar-refractivity contribution in [3.8, 4) is 0 Å². The summed E-state index contributed by atoms with van der Waals surface area (Å²) < 4.78 is 24.1. The van der Waals surface area contributed by atoms with Crippen LogP contribution in [-0.2, 0) is 9.84 Å². The van der Waals surface area contributed by atoms with Gasteiger partial charge in [-0.2, -0.15) is 0 Å². The van der Waals surface area contributed by atoms with Crippen molar-refractivity contribution in [2.24, 2.45) is 0 Å². The Bertz CT molecular complexity index is 1060. The normalized spacial score (nSPS) is 11.9. The SMILES string of the molecule is CCS(=O)(=O)c1ccc(Nc2ncc3cccc(C(C)C)c3n2)c(C)c1. The molecular weight excluding hydrogens is 346 g/mol. The van der Waals surface area contributed by atoms with E-state index in [9.17, 15) is 8.42 Å². The molecule has 1 heterocycles. The van der Waals surface area contributed by atoms with Crippen LogP contribution in [-0.4, -0.2) is 24.1 Å². The van der Waals surface area contributed by atoms with Gasteiger partial charge < -0.3 is 5.32 Å². The number of anilines is 2. The first-order valence-corrected chi connectivity index (χ1v) is 10.3. The van der Waals surface area contributed by atoms with Crippen molar-refractivity contribution in [3.63, 3.8) is 0 Å². The lowest BCUT2D eigenvalue weighted by atomic mass is 10.0. The number of rotatable bonds is 5. The van der Waals surface area contributed by atoms with Crippen molar-refractivity contribution < 1.29 is 8.42 Å².